The fourth-order valence-electron chi connectivity index (χ4n) is 3.70. The number of rotatable bonds is 9. The average molecular weight is 475 g/mol. The van der Waals surface area contributed by atoms with Gasteiger partial charge < -0.3 is 10.1 Å². The second-order valence-corrected chi connectivity index (χ2v) is 9.97. The van der Waals surface area contributed by atoms with Crippen molar-refractivity contribution in [2.24, 2.45) is 5.92 Å². The predicted octanol–water partition coefficient (Wildman–Crippen LogP) is 3.30. The zero-order valence-electron chi connectivity index (χ0n) is 19.7. The average Bonchev–Trinajstić information content (AvgIpc) is 2.68. The van der Waals surface area contributed by atoms with Gasteiger partial charge in [-0.2, -0.15) is 0 Å². The highest BCUT2D eigenvalue weighted by molar-refractivity contribution is 7.92. The molecular formula is C24H30N2O6S. The second kappa shape index (κ2) is 10.6. The zero-order chi connectivity index (χ0) is 24.9. The third-order valence-electron chi connectivity index (χ3n) is 5.02. The fourth-order valence-corrected chi connectivity index (χ4v) is 5.23. The van der Waals surface area contributed by atoms with Crippen molar-refractivity contribution in [3.63, 3.8) is 0 Å². The number of para-hydroxylation sites is 1. The molecule has 0 heterocycles. The standard InChI is InChI=1S/C24H30N2O6S/c1-14(2)22(18(6)27)25-21(28)13-32-24(29)19-9-7-8-10-20(19)26-33(30,31)23-16(4)11-15(3)12-17(23)5/h7-12,14,22,26H,13H2,1-6H3,(H,25,28). The van der Waals surface area contributed by atoms with Crippen LogP contribution in [0.2, 0.25) is 0 Å². The summed E-state index contributed by atoms with van der Waals surface area (Å²) in [5, 5.41) is 2.54. The molecule has 0 fully saturated rings. The van der Waals surface area contributed by atoms with Crippen molar-refractivity contribution in [1.29, 1.82) is 0 Å². The van der Waals surface area contributed by atoms with Crippen LogP contribution in [0.3, 0.4) is 0 Å². The van der Waals surface area contributed by atoms with Crippen LogP contribution >= 0.6 is 0 Å². The summed E-state index contributed by atoms with van der Waals surface area (Å²) in [5.74, 6) is -1.82. The lowest BCUT2D eigenvalue weighted by atomic mass is 10.0. The summed E-state index contributed by atoms with van der Waals surface area (Å²) in [7, 11) is -3.99. The van der Waals surface area contributed by atoms with Crippen LogP contribution in [-0.4, -0.2) is 38.7 Å². The maximum absolute atomic E-state index is 13.1. The molecule has 9 heteroatoms. The van der Waals surface area contributed by atoms with Crippen LogP contribution in [0.5, 0.6) is 0 Å². The lowest BCUT2D eigenvalue weighted by molar-refractivity contribution is -0.129. The number of nitrogens with one attached hydrogen (secondary N) is 2. The Morgan fingerprint density at radius 3 is 2.12 bits per heavy atom. The highest BCUT2D eigenvalue weighted by Gasteiger charge is 2.24. The number of anilines is 1. The summed E-state index contributed by atoms with van der Waals surface area (Å²) in [5.41, 5.74) is 2.11. The van der Waals surface area contributed by atoms with Crippen LogP contribution in [0.4, 0.5) is 5.69 Å². The second-order valence-electron chi connectivity index (χ2n) is 8.35. The first-order valence-electron chi connectivity index (χ1n) is 10.5. The Morgan fingerprint density at radius 2 is 1.58 bits per heavy atom. The van der Waals surface area contributed by atoms with Crippen molar-refractivity contribution < 1.29 is 27.5 Å². The van der Waals surface area contributed by atoms with E-state index < -0.39 is 34.5 Å². The van der Waals surface area contributed by atoms with Gasteiger partial charge in [-0.1, -0.05) is 43.7 Å². The zero-order valence-corrected chi connectivity index (χ0v) is 20.5. The van der Waals surface area contributed by atoms with Gasteiger partial charge in [-0.3, -0.25) is 14.3 Å². The normalized spacial score (nSPS) is 12.2. The molecule has 0 saturated carbocycles. The Labute approximate surface area is 194 Å². The van der Waals surface area contributed by atoms with Crippen molar-refractivity contribution >= 4 is 33.4 Å². The molecule has 2 aromatic carbocycles. The number of carbonyl (C=O) groups is 3. The number of hydrogen-bond acceptors (Lipinski definition) is 6. The molecule has 0 bridgehead atoms. The molecule has 2 aromatic rings. The number of amides is 1. The van der Waals surface area contributed by atoms with Gasteiger partial charge in [0, 0.05) is 0 Å². The summed E-state index contributed by atoms with van der Waals surface area (Å²) >= 11 is 0. The molecule has 0 aliphatic rings. The van der Waals surface area contributed by atoms with E-state index >= 15 is 0 Å². The lowest BCUT2D eigenvalue weighted by Gasteiger charge is -2.19. The number of esters is 1. The summed E-state index contributed by atoms with van der Waals surface area (Å²) in [6.45, 7) is 9.64. The highest BCUT2D eigenvalue weighted by Crippen LogP contribution is 2.26. The Balaban J connectivity index is 2.19. The molecule has 33 heavy (non-hydrogen) atoms. The van der Waals surface area contributed by atoms with E-state index in [4.69, 9.17) is 4.74 Å². The molecular weight excluding hydrogens is 444 g/mol. The van der Waals surface area contributed by atoms with Gasteiger partial charge in [-0.05, 0) is 56.9 Å². The van der Waals surface area contributed by atoms with Crippen molar-refractivity contribution in [3.8, 4) is 0 Å². The maximum Gasteiger partial charge on any atom is 0.340 e. The summed E-state index contributed by atoms with van der Waals surface area (Å²) in [6.07, 6.45) is 0. The minimum absolute atomic E-state index is 0.0334. The molecule has 1 amide bonds. The van der Waals surface area contributed by atoms with Crippen molar-refractivity contribution in [2.45, 2.75) is 52.5 Å². The van der Waals surface area contributed by atoms with E-state index in [1.165, 1.54) is 19.1 Å². The van der Waals surface area contributed by atoms with Gasteiger partial charge in [0.2, 0.25) is 0 Å². The highest BCUT2D eigenvalue weighted by atomic mass is 32.2. The van der Waals surface area contributed by atoms with Gasteiger partial charge in [-0.15, -0.1) is 0 Å². The van der Waals surface area contributed by atoms with Gasteiger partial charge in [0.25, 0.3) is 15.9 Å². The summed E-state index contributed by atoms with van der Waals surface area (Å²) < 4.78 is 33.7. The maximum atomic E-state index is 13.1. The van der Waals surface area contributed by atoms with E-state index in [0.717, 1.165) is 5.56 Å². The van der Waals surface area contributed by atoms with E-state index in [0.29, 0.717) is 11.1 Å². The third kappa shape index (κ3) is 6.64. The first-order chi connectivity index (χ1) is 15.3. The van der Waals surface area contributed by atoms with Crippen molar-refractivity contribution in [3.05, 3.63) is 58.7 Å². The first-order valence-corrected chi connectivity index (χ1v) is 12.0. The number of sulfonamides is 1. The lowest BCUT2D eigenvalue weighted by Crippen LogP contribution is -2.45. The van der Waals surface area contributed by atoms with Gasteiger partial charge in [0.15, 0.2) is 12.4 Å². The van der Waals surface area contributed by atoms with Crippen LogP contribution in [0.15, 0.2) is 41.3 Å². The number of carbonyl (C=O) groups excluding carboxylic acids is 3. The van der Waals surface area contributed by atoms with Crippen LogP contribution in [0.25, 0.3) is 0 Å². The van der Waals surface area contributed by atoms with E-state index in [2.05, 4.69) is 10.0 Å². The molecule has 0 saturated heterocycles. The van der Waals surface area contributed by atoms with E-state index in [1.54, 1.807) is 52.0 Å². The van der Waals surface area contributed by atoms with Crippen LogP contribution in [0, 0.1) is 26.7 Å². The number of ether oxygens (including phenoxy) is 1. The molecule has 2 N–H and O–H groups in total. The smallest absolute Gasteiger partial charge is 0.340 e. The summed E-state index contributed by atoms with van der Waals surface area (Å²) in [4.78, 5) is 36.6. The molecule has 0 aromatic heterocycles. The SMILES string of the molecule is CC(=O)C(NC(=O)COC(=O)c1ccccc1NS(=O)(=O)c1c(C)cc(C)cc1C)C(C)C. The van der Waals surface area contributed by atoms with Crippen LogP contribution in [-0.2, 0) is 24.3 Å². The quantitative estimate of drug-likeness (QED) is 0.538. The minimum Gasteiger partial charge on any atom is -0.452 e. The number of aryl methyl sites for hydroxylation is 3. The van der Waals surface area contributed by atoms with Crippen LogP contribution in [0.1, 0.15) is 47.8 Å². The number of benzene rings is 2. The Hall–Kier alpha value is -3.20. The minimum atomic E-state index is -3.99. The fraction of sp³-hybridized carbons (Fsp3) is 0.375. The summed E-state index contributed by atoms with van der Waals surface area (Å²) in [6, 6.07) is 8.84. The van der Waals surface area contributed by atoms with Crippen molar-refractivity contribution in [1.82, 2.24) is 5.32 Å². The van der Waals surface area contributed by atoms with E-state index in [-0.39, 0.29) is 27.8 Å². The third-order valence-corrected chi connectivity index (χ3v) is 6.69. The Bertz CT molecular complexity index is 1150. The largest absolute Gasteiger partial charge is 0.452 e. The molecule has 0 aliphatic carbocycles. The molecule has 0 aliphatic heterocycles. The number of ketones is 1. The van der Waals surface area contributed by atoms with Gasteiger partial charge in [0.05, 0.1) is 22.2 Å². The molecule has 178 valence electrons. The molecule has 0 radical (unpaired) electrons. The molecule has 1 unspecified atom stereocenters. The molecule has 1 atom stereocenters. The number of hydrogen-bond donors (Lipinski definition) is 2. The van der Waals surface area contributed by atoms with Crippen molar-refractivity contribution in [2.75, 3.05) is 11.3 Å². The molecule has 0 spiro atoms. The first kappa shape index (κ1) is 26.1. The Kier molecular flexibility index (Phi) is 8.38. The van der Waals surface area contributed by atoms with Gasteiger partial charge in [-0.25, -0.2) is 13.2 Å². The number of Topliss-reactive ketones (excluding diaryl/α,β-unsaturated/α-hetero) is 1. The predicted molar refractivity (Wildman–Crippen MR) is 126 cm³/mol. The van der Waals surface area contributed by atoms with E-state index in [1.807, 2.05) is 6.92 Å². The monoisotopic (exact) mass is 474 g/mol. The molecule has 2 rings (SSSR count). The molecule has 8 nitrogen and oxygen atoms in total. The Morgan fingerprint density at radius 1 is 1.00 bits per heavy atom. The van der Waals surface area contributed by atoms with E-state index in [9.17, 15) is 22.8 Å². The van der Waals surface area contributed by atoms with Gasteiger partial charge >= 0.3 is 5.97 Å². The topological polar surface area (TPSA) is 119 Å². The van der Waals surface area contributed by atoms with Crippen LogP contribution < -0.4 is 10.0 Å². The van der Waals surface area contributed by atoms with Gasteiger partial charge in [0.1, 0.15) is 0 Å².